The molecule has 0 heterocycles. The van der Waals surface area contributed by atoms with E-state index in [2.05, 4.69) is 18.8 Å². The number of hydrogen-bond acceptors (Lipinski definition) is 2. The van der Waals surface area contributed by atoms with Gasteiger partial charge >= 0.3 is 0 Å². The molecule has 2 rings (SSSR count). The maximum atomic E-state index is 10.6. The first-order valence-corrected chi connectivity index (χ1v) is 7.51. The second-order valence-corrected chi connectivity index (χ2v) is 5.37. The summed E-state index contributed by atoms with van der Waals surface area (Å²) >= 11 is 5.26. The van der Waals surface area contributed by atoms with Crippen molar-refractivity contribution >= 4 is 16.8 Å². The molecular formula is C19H17ClO2. The highest BCUT2D eigenvalue weighted by Gasteiger charge is 1.97. The molecule has 0 aromatic heterocycles. The van der Waals surface area contributed by atoms with Gasteiger partial charge in [-0.3, -0.25) is 4.79 Å². The van der Waals surface area contributed by atoms with Crippen LogP contribution in [0, 0.1) is 18.8 Å². The van der Waals surface area contributed by atoms with E-state index >= 15 is 0 Å². The highest BCUT2D eigenvalue weighted by Crippen LogP contribution is 2.12. The van der Waals surface area contributed by atoms with E-state index in [4.69, 9.17) is 16.3 Å². The van der Waals surface area contributed by atoms with Crippen molar-refractivity contribution in [2.24, 2.45) is 0 Å². The number of ether oxygens (including phenoxy) is 1. The number of aryl methyl sites for hydroxylation is 1. The van der Waals surface area contributed by atoms with Crippen LogP contribution >= 0.6 is 11.6 Å². The van der Waals surface area contributed by atoms with E-state index in [1.54, 1.807) is 0 Å². The van der Waals surface area contributed by atoms with Crippen LogP contribution in [-0.4, -0.2) is 11.8 Å². The molecule has 0 unspecified atom stereocenters. The zero-order chi connectivity index (χ0) is 15.8. The molecule has 0 amide bonds. The number of rotatable bonds is 5. The summed E-state index contributed by atoms with van der Waals surface area (Å²) in [5.41, 5.74) is 3.16. The molecule has 0 aliphatic rings. The third kappa shape index (κ3) is 5.63. The Labute approximate surface area is 136 Å². The summed E-state index contributed by atoms with van der Waals surface area (Å²) in [7, 11) is 0. The van der Waals surface area contributed by atoms with Crippen LogP contribution in [0.1, 0.15) is 29.5 Å². The zero-order valence-corrected chi connectivity index (χ0v) is 13.2. The van der Waals surface area contributed by atoms with Gasteiger partial charge in [0.2, 0.25) is 5.24 Å². The van der Waals surface area contributed by atoms with Crippen molar-refractivity contribution in [1.82, 2.24) is 0 Å². The average Bonchev–Trinajstić information content (AvgIpc) is 2.52. The number of hydrogen-bond donors (Lipinski definition) is 0. The van der Waals surface area contributed by atoms with Gasteiger partial charge in [0.05, 0.1) is 6.61 Å². The summed E-state index contributed by atoms with van der Waals surface area (Å²) < 4.78 is 5.53. The summed E-state index contributed by atoms with van der Waals surface area (Å²) in [5, 5.41) is -0.328. The van der Waals surface area contributed by atoms with Crippen molar-refractivity contribution in [2.75, 3.05) is 6.61 Å². The van der Waals surface area contributed by atoms with Gasteiger partial charge in [-0.2, -0.15) is 0 Å². The van der Waals surface area contributed by atoms with Crippen molar-refractivity contribution in [3.8, 4) is 17.6 Å². The zero-order valence-electron chi connectivity index (χ0n) is 12.4. The van der Waals surface area contributed by atoms with Gasteiger partial charge in [-0.15, -0.1) is 0 Å². The molecule has 0 bridgehead atoms. The molecule has 2 aromatic rings. The molecule has 0 saturated carbocycles. The molecule has 0 spiro atoms. The van der Waals surface area contributed by atoms with Gasteiger partial charge in [-0.05, 0) is 61.3 Å². The fourth-order valence-electron chi connectivity index (χ4n) is 1.82. The van der Waals surface area contributed by atoms with Gasteiger partial charge in [0, 0.05) is 17.5 Å². The fraction of sp³-hybridized carbons (Fsp3) is 0.211. The van der Waals surface area contributed by atoms with Gasteiger partial charge in [-0.1, -0.05) is 29.5 Å². The Balaban J connectivity index is 1.89. The Morgan fingerprint density at radius 3 is 2.09 bits per heavy atom. The number of halogens is 1. The van der Waals surface area contributed by atoms with Crippen LogP contribution in [0.2, 0.25) is 0 Å². The standard InChI is InChI=1S/C19H17ClO2/c1-15-4-6-16(7-5-15)8-9-17-10-12-18(13-11-17)22-14-2-3-19(20)21/h4-7,10-13H,2-3,14H2,1H3. The first-order chi connectivity index (χ1) is 10.6. The Kier molecular flexibility index (Phi) is 6.06. The van der Waals surface area contributed by atoms with E-state index in [0.29, 0.717) is 19.4 Å². The average molecular weight is 313 g/mol. The SMILES string of the molecule is Cc1ccc(C#Cc2ccc(OCCCC(=O)Cl)cc2)cc1. The molecule has 112 valence electrons. The molecular weight excluding hydrogens is 296 g/mol. The second kappa shape index (κ2) is 8.26. The molecule has 22 heavy (non-hydrogen) atoms. The molecule has 0 radical (unpaired) electrons. The number of carbonyl (C=O) groups is 1. The van der Waals surface area contributed by atoms with Gasteiger partial charge in [-0.25, -0.2) is 0 Å². The Hall–Kier alpha value is -2.24. The molecule has 2 nitrogen and oxygen atoms in total. The molecule has 0 aliphatic heterocycles. The van der Waals surface area contributed by atoms with Crippen LogP contribution < -0.4 is 4.74 Å². The van der Waals surface area contributed by atoms with E-state index in [-0.39, 0.29) is 5.24 Å². The first-order valence-electron chi connectivity index (χ1n) is 7.13. The van der Waals surface area contributed by atoms with Crippen LogP contribution in [0.4, 0.5) is 0 Å². The van der Waals surface area contributed by atoms with E-state index in [9.17, 15) is 4.79 Å². The van der Waals surface area contributed by atoms with Crippen LogP contribution in [0.15, 0.2) is 48.5 Å². The third-order valence-electron chi connectivity index (χ3n) is 3.04. The van der Waals surface area contributed by atoms with Gasteiger partial charge < -0.3 is 4.74 Å². The highest BCUT2D eigenvalue weighted by molar-refractivity contribution is 6.63. The Bertz CT molecular complexity index is 676. The lowest BCUT2D eigenvalue weighted by Crippen LogP contribution is -1.99. The van der Waals surface area contributed by atoms with Crippen molar-refractivity contribution in [3.05, 3.63) is 65.2 Å². The van der Waals surface area contributed by atoms with Crippen molar-refractivity contribution in [1.29, 1.82) is 0 Å². The van der Waals surface area contributed by atoms with Crippen molar-refractivity contribution in [2.45, 2.75) is 19.8 Å². The predicted octanol–water partition coefficient (Wildman–Crippen LogP) is 4.32. The molecule has 3 heteroatoms. The molecule has 0 fully saturated rings. The third-order valence-corrected chi connectivity index (χ3v) is 3.23. The lowest BCUT2D eigenvalue weighted by molar-refractivity contribution is -0.111. The molecule has 0 N–H and O–H groups in total. The Morgan fingerprint density at radius 2 is 1.55 bits per heavy atom. The monoisotopic (exact) mass is 312 g/mol. The van der Waals surface area contributed by atoms with E-state index in [1.165, 1.54) is 5.56 Å². The van der Waals surface area contributed by atoms with Gasteiger partial charge in [0.15, 0.2) is 0 Å². The van der Waals surface area contributed by atoms with Crippen LogP contribution in [0.25, 0.3) is 0 Å². The van der Waals surface area contributed by atoms with Gasteiger partial charge in [0.25, 0.3) is 0 Å². The van der Waals surface area contributed by atoms with Gasteiger partial charge in [0.1, 0.15) is 5.75 Å². The summed E-state index contributed by atoms with van der Waals surface area (Å²) in [6.45, 7) is 2.53. The summed E-state index contributed by atoms with van der Waals surface area (Å²) in [6, 6.07) is 15.7. The topological polar surface area (TPSA) is 26.3 Å². The highest BCUT2D eigenvalue weighted by atomic mass is 35.5. The smallest absolute Gasteiger partial charge is 0.221 e. The normalized spacial score (nSPS) is 9.73. The lowest BCUT2D eigenvalue weighted by Gasteiger charge is -2.04. The first kappa shape index (κ1) is 16.1. The minimum absolute atomic E-state index is 0.328. The lowest BCUT2D eigenvalue weighted by atomic mass is 10.1. The van der Waals surface area contributed by atoms with E-state index < -0.39 is 0 Å². The summed E-state index contributed by atoms with van der Waals surface area (Å²) in [4.78, 5) is 10.6. The fourth-order valence-corrected chi connectivity index (χ4v) is 1.95. The quantitative estimate of drug-likeness (QED) is 0.467. The maximum absolute atomic E-state index is 10.6. The van der Waals surface area contributed by atoms with E-state index in [0.717, 1.165) is 16.9 Å². The van der Waals surface area contributed by atoms with Crippen LogP contribution in [0.3, 0.4) is 0 Å². The van der Waals surface area contributed by atoms with Crippen LogP contribution in [0.5, 0.6) is 5.75 Å². The summed E-state index contributed by atoms with van der Waals surface area (Å²) in [5.74, 6) is 7.02. The van der Waals surface area contributed by atoms with E-state index in [1.807, 2.05) is 48.5 Å². The predicted molar refractivity (Wildman–Crippen MR) is 89.2 cm³/mol. The molecule has 0 atom stereocenters. The molecule has 2 aromatic carbocycles. The number of benzene rings is 2. The minimum Gasteiger partial charge on any atom is -0.494 e. The molecule has 0 aliphatic carbocycles. The summed E-state index contributed by atoms with van der Waals surface area (Å²) in [6.07, 6.45) is 0.957. The van der Waals surface area contributed by atoms with Crippen molar-refractivity contribution < 1.29 is 9.53 Å². The van der Waals surface area contributed by atoms with Crippen LogP contribution in [-0.2, 0) is 4.79 Å². The second-order valence-electron chi connectivity index (χ2n) is 4.95. The molecule has 0 saturated heterocycles. The number of carbonyl (C=O) groups excluding carboxylic acids is 1. The van der Waals surface area contributed by atoms with Crippen molar-refractivity contribution in [3.63, 3.8) is 0 Å². The largest absolute Gasteiger partial charge is 0.494 e. The minimum atomic E-state index is -0.328. The Morgan fingerprint density at radius 1 is 1.00 bits per heavy atom. The maximum Gasteiger partial charge on any atom is 0.221 e.